The van der Waals surface area contributed by atoms with E-state index >= 15 is 0 Å². The van der Waals surface area contributed by atoms with Crippen LogP contribution in [0.15, 0.2) is 53.6 Å². The van der Waals surface area contributed by atoms with Gasteiger partial charge in [-0.05, 0) is 49.0 Å². The number of rotatable bonds is 7. The van der Waals surface area contributed by atoms with Crippen molar-refractivity contribution < 1.29 is 14.2 Å². The van der Waals surface area contributed by atoms with E-state index in [1.807, 2.05) is 31.2 Å². The molecule has 0 amide bonds. The standard InChI is InChI=1S/C21H20ClN5O3S/c1-13-6-4-9-17(30-20-25-18(28-2)11-19(26-20)29-3)16(13)12-23-27-21(31)24-15-8-5-7-14(22)10-15/h4-12H,1-3H3,(H2,24,27,31). The van der Waals surface area contributed by atoms with Crippen molar-refractivity contribution in [1.82, 2.24) is 15.4 Å². The second kappa shape index (κ2) is 10.6. The van der Waals surface area contributed by atoms with Gasteiger partial charge in [0.1, 0.15) is 5.75 Å². The molecule has 31 heavy (non-hydrogen) atoms. The van der Waals surface area contributed by atoms with Crippen molar-refractivity contribution >= 4 is 40.8 Å². The third-order valence-corrected chi connectivity index (χ3v) is 4.43. The quantitative estimate of drug-likeness (QED) is 0.303. The normalized spacial score (nSPS) is 10.6. The van der Waals surface area contributed by atoms with Gasteiger partial charge >= 0.3 is 6.01 Å². The zero-order chi connectivity index (χ0) is 22.2. The molecule has 2 N–H and O–H groups in total. The molecule has 0 aliphatic carbocycles. The van der Waals surface area contributed by atoms with Gasteiger partial charge in [0.25, 0.3) is 0 Å². The molecule has 2 aromatic carbocycles. The van der Waals surface area contributed by atoms with E-state index in [0.29, 0.717) is 27.6 Å². The van der Waals surface area contributed by atoms with Gasteiger partial charge in [0.15, 0.2) is 5.11 Å². The molecule has 0 spiro atoms. The fourth-order valence-corrected chi connectivity index (χ4v) is 2.89. The minimum absolute atomic E-state index is 0.0857. The summed E-state index contributed by atoms with van der Waals surface area (Å²) in [7, 11) is 3.00. The van der Waals surface area contributed by atoms with Gasteiger partial charge in [0, 0.05) is 16.3 Å². The molecule has 0 saturated carbocycles. The molecular formula is C21H20ClN5O3S. The third-order valence-electron chi connectivity index (χ3n) is 4.00. The van der Waals surface area contributed by atoms with E-state index < -0.39 is 0 Å². The van der Waals surface area contributed by atoms with Crippen LogP contribution in [0.3, 0.4) is 0 Å². The molecule has 1 aromatic heterocycles. The van der Waals surface area contributed by atoms with Crippen LogP contribution in [0.1, 0.15) is 11.1 Å². The Morgan fingerprint density at radius 1 is 1.06 bits per heavy atom. The molecule has 8 nitrogen and oxygen atoms in total. The summed E-state index contributed by atoms with van der Waals surface area (Å²) in [6, 6.07) is 14.4. The van der Waals surface area contributed by atoms with E-state index in [-0.39, 0.29) is 6.01 Å². The molecule has 0 saturated heterocycles. The maximum Gasteiger partial charge on any atom is 0.328 e. The smallest absolute Gasteiger partial charge is 0.328 e. The molecule has 10 heteroatoms. The van der Waals surface area contributed by atoms with Gasteiger partial charge in [-0.15, -0.1) is 0 Å². The molecule has 0 atom stereocenters. The summed E-state index contributed by atoms with van der Waals surface area (Å²) in [4.78, 5) is 8.38. The van der Waals surface area contributed by atoms with E-state index in [0.717, 1.165) is 16.8 Å². The highest BCUT2D eigenvalue weighted by atomic mass is 35.5. The molecule has 0 bridgehead atoms. The predicted molar refractivity (Wildman–Crippen MR) is 125 cm³/mol. The summed E-state index contributed by atoms with van der Waals surface area (Å²) in [6.07, 6.45) is 1.61. The number of ether oxygens (including phenoxy) is 3. The van der Waals surface area contributed by atoms with E-state index in [4.69, 9.17) is 38.0 Å². The van der Waals surface area contributed by atoms with Crippen molar-refractivity contribution in [2.24, 2.45) is 5.10 Å². The lowest BCUT2D eigenvalue weighted by Crippen LogP contribution is -2.23. The Morgan fingerprint density at radius 3 is 2.45 bits per heavy atom. The molecule has 0 aliphatic heterocycles. The summed E-state index contributed by atoms with van der Waals surface area (Å²) in [5.41, 5.74) is 5.19. The molecule has 0 aliphatic rings. The molecule has 3 rings (SSSR count). The monoisotopic (exact) mass is 457 g/mol. The topological polar surface area (TPSA) is 89.9 Å². The number of nitrogens with zero attached hydrogens (tertiary/aromatic N) is 3. The molecule has 3 aromatic rings. The number of anilines is 1. The fourth-order valence-electron chi connectivity index (χ4n) is 2.53. The Kier molecular flexibility index (Phi) is 7.58. The lowest BCUT2D eigenvalue weighted by molar-refractivity contribution is 0.348. The van der Waals surface area contributed by atoms with Crippen LogP contribution in [-0.2, 0) is 0 Å². The Balaban J connectivity index is 1.74. The van der Waals surface area contributed by atoms with Crippen LogP contribution >= 0.6 is 23.8 Å². The minimum atomic E-state index is 0.0857. The number of hydrogen-bond donors (Lipinski definition) is 2. The second-order valence-corrected chi connectivity index (χ2v) is 7.00. The van der Waals surface area contributed by atoms with Gasteiger partial charge in [0.2, 0.25) is 11.8 Å². The first-order valence-electron chi connectivity index (χ1n) is 9.08. The molecule has 1 heterocycles. The number of aryl methyl sites for hydroxylation is 1. The van der Waals surface area contributed by atoms with Crippen molar-refractivity contribution in [3.63, 3.8) is 0 Å². The van der Waals surface area contributed by atoms with Crippen molar-refractivity contribution in [3.05, 3.63) is 64.7 Å². The van der Waals surface area contributed by atoms with Crippen LogP contribution in [0.2, 0.25) is 5.02 Å². The first kappa shape index (κ1) is 22.3. The van der Waals surface area contributed by atoms with Crippen LogP contribution in [0.25, 0.3) is 0 Å². The van der Waals surface area contributed by atoms with Crippen LogP contribution in [0.5, 0.6) is 23.5 Å². The molecule has 160 valence electrons. The van der Waals surface area contributed by atoms with Gasteiger partial charge < -0.3 is 19.5 Å². The summed E-state index contributed by atoms with van der Waals surface area (Å²) in [5.74, 6) is 1.15. The van der Waals surface area contributed by atoms with Gasteiger partial charge in [0.05, 0.1) is 26.5 Å². The highest BCUT2D eigenvalue weighted by Crippen LogP contribution is 2.27. The maximum atomic E-state index is 5.98. The Labute approximate surface area is 190 Å². The summed E-state index contributed by atoms with van der Waals surface area (Å²) in [6.45, 7) is 1.93. The zero-order valence-electron chi connectivity index (χ0n) is 17.0. The van der Waals surface area contributed by atoms with Crippen molar-refractivity contribution in [1.29, 1.82) is 0 Å². The van der Waals surface area contributed by atoms with E-state index in [9.17, 15) is 0 Å². The van der Waals surface area contributed by atoms with E-state index in [1.54, 1.807) is 30.5 Å². The van der Waals surface area contributed by atoms with Crippen LogP contribution in [-0.4, -0.2) is 35.5 Å². The molecule has 0 fully saturated rings. The molecule has 0 unspecified atom stereocenters. The summed E-state index contributed by atoms with van der Waals surface area (Å²) < 4.78 is 16.2. The molecular weight excluding hydrogens is 438 g/mol. The average molecular weight is 458 g/mol. The third kappa shape index (κ3) is 6.27. The number of methoxy groups -OCH3 is 2. The predicted octanol–water partition coefficient (Wildman–Crippen LogP) is 4.57. The number of thiocarbonyl (C=S) groups is 1. The van der Waals surface area contributed by atoms with E-state index in [1.165, 1.54) is 14.2 Å². The largest absolute Gasteiger partial charge is 0.481 e. The van der Waals surface area contributed by atoms with Gasteiger partial charge in [-0.25, -0.2) is 0 Å². The van der Waals surface area contributed by atoms with Gasteiger partial charge in [-0.3, -0.25) is 5.43 Å². The number of hydrogen-bond acceptors (Lipinski definition) is 7. The van der Waals surface area contributed by atoms with Gasteiger partial charge in [-0.2, -0.15) is 15.1 Å². The first-order chi connectivity index (χ1) is 15.0. The summed E-state index contributed by atoms with van der Waals surface area (Å²) >= 11 is 11.2. The van der Waals surface area contributed by atoms with Crippen LogP contribution < -0.4 is 25.0 Å². The Hall–Kier alpha value is -3.43. The number of hydrazone groups is 1. The Bertz CT molecular complexity index is 1090. The number of nitrogens with one attached hydrogen (secondary N) is 2. The van der Waals surface area contributed by atoms with Crippen LogP contribution in [0.4, 0.5) is 5.69 Å². The Morgan fingerprint density at radius 2 is 1.77 bits per heavy atom. The number of benzene rings is 2. The molecule has 0 radical (unpaired) electrons. The summed E-state index contributed by atoms with van der Waals surface area (Å²) in [5, 5.41) is 8.14. The fraction of sp³-hybridized carbons (Fsp3) is 0.143. The first-order valence-corrected chi connectivity index (χ1v) is 9.87. The highest BCUT2D eigenvalue weighted by molar-refractivity contribution is 7.80. The van der Waals surface area contributed by atoms with Crippen molar-refractivity contribution in [3.8, 4) is 23.5 Å². The van der Waals surface area contributed by atoms with Crippen molar-refractivity contribution in [2.45, 2.75) is 6.92 Å². The lowest BCUT2D eigenvalue weighted by Gasteiger charge is -2.11. The van der Waals surface area contributed by atoms with Gasteiger partial charge in [-0.1, -0.05) is 29.8 Å². The number of aromatic nitrogens is 2. The SMILES string of the molecule is COc1cc(OC)nc(Oc2cccc(C)c2C=NNC(=S)Nc2cccc(Cl)c2)n1. The zero-order valence-corrected chi connectivity index (χ0v) is 18.6. The number of halogens is 1. The maximum absolute atomic E-state index is 5.98. The van der Waals surface area contributed by atoms with Crippen LogP contribution in [0, 0.1) is 6.92 Å². The lowest BCUT2D eigenvalue weighted by atomic mass is 10.1. The minimum Gasteiger partial charge on any atom is -0.481 e. The average Bonchev–Trinajstić information content (AvgIpc) is 2.75. The van der Waals surface area contributed by atoms with Crippen molar-refractivity contribution in [2.75, 3.05) is 19.5 Å². The van der Waals surface area contributed by atoms with E-state index in [2.05, 4.69) is 25.8 Å². The second-order valence-electron chi connectivity index (χ2n) is 6.16. The highest BCUT2D eigenvalue weighted by Gasteiger charge is 2.11.